The second-order valence-corrected chi connectivity index (χ2v) is 9.85. The van der Waals surface area contributed by atoms with Gasteiger partial charge in [0.1, 0.15) is 11.6 Å². The first-order chi connectivity index (χ1) is 14.4. The standard InChI is InChI=1S/C24H31FN4O/c1-24(2)13-21(9-10-30-24)29-14-17-11-20(12-18(17)15-29)26-23-8-7-22(27-28-23)16-3-5-19(25)6-4-16/h3-8,17-18,20-21H,9-15H2,1-2H3,(H,26,28)/t17-,18+,20+,21?. The first kappa shape index (κ1) is 19.9. The first-order valence-electron chi connectivity index (χ1n) is 11.2. The maximum atomic E-state index is 13.1. The van der Waals surface area contributed by atoms with E-state index in [4.69, 9.17) is 4.74 Å². The summed E-state index contributed by atoms with van der Waals surface area (Å²) in [5.74, 6) is 2.14. The van der Waals surface area contributed by atoms with Crippen LogP contribution in [0.5, 0.6) is 0 Å². The molecule has 0 bridgehead atoms. The van der Waals surface area contributed by atoms with Gasteiger partial charge in [-0.1, -0.05) is 0 Å². The second kappa shape index (κ2) is 7.89. The van der Waals surface area contributed by atoms with Gasteiger partial charge in [-0.05, 0) is 87.8 Å². The van der Waals surface area contributed by atoms with Gasteiger partial charge in [-0.15, -0.1) is 10.2 Å². The van der Waals surface area contributed by atoms with Gasteiger partial charge in [0.05, 0.1) is 11.3 Å². The molecule has 2 aromatic rings. The molecule has 3 heterocycles. The minimum atomic E-state index is -0.240. The van der Waals surface area contributed by atoms with Crippen molar-refractivity contribution in [3.05, 3.63) is 42.2 Å². The van der Waals surface area contributed by atoms with Gasteiger partial charge in [-0.3, -0.25) is 4.90 Å². The number of benzene rings is 1. The number of fused-ring (bicyclic) bond motifs is 1. The highest BCUT2D eigenvalue weighted by molar-refractivity contribution is 5.59. The van der Waals surface area contributed by atoms with Gasteiger partial charge in [-0.25, -0.2) is 4.39 Å². The quantitative estimate of drug-likeness (QED) is 0.812. The van der Waals surface area contributed by atoms with E-state index in [1.54, 1.807) is 12.1 Å². The highest BCUT2D eigenvalue weighted by atomic mass is 19.1. The van der Waals surface area contributed by atoms with E-state index in [2.05, 4.69) is 34.3 Å². The molecule has 5 nitrogen and oxygen atoms in total. The van der Waals surface area contributed by atoms with E-state index in [1.165, 1.54) is 44.5 Å². The van der Waals surface area contributed by atoms with Crippen LogP contribution < -0.4 is 5.32 Å². The Kier molecular flexibility index (Phi) is 5.23. The molecule has 3 fully saturated rings. The molecular weight excluding hydrogens is 379 g/mol. The Hall–Kier alpha value is -2.05. The summed E-state index contributed by atoms with van der Waals surface area (Å²) in [5, 5.41) is 12.3. The van der Waals surface area contributed by atoms with E-state index in [0.29, 0.717) is 12.1 Å². The van der Waals surface area contributed by atoms with Crippen molar-refractivity contribution in [1.82, 2.24) is 15.1 Å². The van der Waals surface area contributed by atoms with Crippen molar-refractivity contribution in [2.45, 2.75) is 57.2 Å². The summed E-state index contributed by atoms with van der Waals surface area (Å²) in [6, 6.07) is 11.4. The van der Waals surface area contributed by atoms with Crippen LogP contribution in [-0.2, 0) is 4.74 Å². The highest BCUT2D eigenvalue weighted by Gasteiger charge is 2.44. The first-order valence-corrected chi connectivity index (χ1v) is 11.2. The van der Waals surface area contributed by atoms with Crippen LogP contribution in [0.1, 0.15) is 39.5 Å². The average Bonchev–Trinajstić information content (AvgIpc) is 3.27. The maximum Gasteiger partial charge on any atom is 0.148 e. The summed E-state index contributed by atoms with van der Waals surface area (Å²) >= 11 is 0. The van der Waals surface area contributed by atoms with Crippen molar-refractivity contribution < 1.29 is 9.13 Å². The number of rotatable bonds is 4. The number of ether oxygens (including phenoxy) is 1. The largest absolute Gasteiger partial charge is 0.375 e. The summed E-state index contributed by atoms with van der Waals surface area (Å²) < 4.78 is 19.0. The Labute approximate surface area is 178 Å². The molecule has 30 heavy (non-hydrogen) atoms. The van der Waals surface area contributed by atoms with E-state index in [1.807, 2.05) is 12.1 Å². The van der Waals surface area contributed by atoms with E-state index >= 15 is 0 Å². The molecular formula is C24H31FN4O. The van der Waals surface area contributed by atoms with Crippen molar-refractivity contribution in [1.29, 1.82) is 0 Å². The number of nitrogens with zero attached hydrogens (tertiary/aromatic N) is 3. The molecule has 5 rings (SSSR count). The van der Waals surface area contributed by atoms with Gasteiger partial charge >= 0.3 is 0 Å². The molecule has 1 aliphatic carbocycles. The molecule has 1 saturated carbocycles. The number of halogens is 1. The molecule has 3 aliphatic rings. The summed E-state index contributed by atoms with van der Waals surface area (Å²) in [5.41, 5.74) is 1.66. The van der Waals surface area contributed by atoms with E-state index in [-0.39, 0.29) is 11.4 Å². The van der Waals surface area contributed by atoms with E-state index in [9.17, 15) is 4.39 Å². The third-order valence-electron chi connectivity index (χ3n) is 7.12. The molecule has 0 amide bonds. The Morgan fingerprint density at radius 3 is 2.40 bits per heavy atom. The van der Waals surface area contributed by atoms with Crippen molar-refractivity contribution in [3.8, 4) is 11.3 Å². The lowest BCUT2D eigenvalue weighted by molar-refractivity contribution is -0.0811. The van der Waals surface area contributed by atoms with Gasteiger partial charge in [0.25, 0.3) is 0 Å². The smallest absolute Gasteiger partial charge is 0.148 e. The SMILES string of the molecule is CC1(C)CC(N2C[C@H]3C[C@H](Nc4ccc(-c5ccc(F)cc5)nn4)C[C@H]3C2)CCO1. The van der Waals surface area contributed by atoms with E-state index in [0.717, 1.165) is 41.9 Å². The van der Waals surface area contributed by atoms with Crippen molar-refractivity contribution in [3.63, 3.8) is 0 Å². The Bertz CT molecular complexity index is 856. The molecule has 6 heteroatoms. The molecule has 1 N–H and O–H groups in total. The predicted molar refractivity (Wildman–Crippen MR) is 116 cm³/mol. The zero-order valence-electron chi connectivity index (χ0n) is 17.9. The number of anilines is 1. The number of likely N-dealkylation sites (tertiary alicyclic amines) is 1. The lowest BCUT2D eigenvalue weighted by Gasteiger charge is -2.40. The lowest BCUT2D eigenvalue weighted by Crippen LogP contribution is -2.45. The van der Waals surface area contributed by atoms with E-state index < -0.39 is 0 Å². The van der Waals surface area contributed by atoms with Crippen molar-refractivity contribution in [2.75, 3.05) is 25.0 Å². The number of nitrogens with one attached hydrogen (secondary N) is 1. The summed E-state index contributed by atoms with van der Waals surface area (Å²) in [7, 11) is 0. The van der Waals surface area contributed by atoms with Crippen LogP contribution in [0.25, 0.3) is 11.3 Å². The fraction of sp³-hybridized carbons (Fsp3) is 0.583. The molecule has 1 aromatic carbocycles. The van der Waals surface area contributed by atoms with Gasteiger partial charge in [0.15, 0.2) is 0 Å². The van der Waals surface area contributed by atoms with Crippen molar-refractivity contribution in [2.24, 2.45) is 11.8 Å². The third-order valence-corrected chi connectivity index (χ3v) is 7.12. The average molecular weight is 411 g/mol. The molecule has 0 radical (unpaired) electrons. The van der Waals surface area contributed by atoms with Gasteiger partial charge < -0.3 is 10.1 Å². The minimum Gasteiger partial charge on any atom is -0.375 e. The molecule has 2 aliphatic heterocycles. The maximum absolute atomic E-state index is 13.1. The monoisotopic (exact) mass is 410 g/mol. The fourth-order valence-electron chi connectivity index (χ4n) is 5.66. The summed E-state index contributed by atoms with van der Waals surface area (Å²) in [6.07, 6.45) is 4.72. The Morgan fingerprint density at radius 1 is 1.03 bits per heavy atom. The molecule has 2 saturated heterocycles. The molecule has 160 valence electrons. The van der Waals surface area contributed by atoms with Crippen LogP contribution >= 0.6 is 0 Å². The van der Waals surface area contributed by atoms with Crippen LogP contribution in [0, 0.1) is 17.7 Å². The number of aromatic nitrogens is 2. The Morgan fingerprint density at radius 2 is 1.77 bits per heavy atom. The summed E-state index contributed by atoms with van der Waals surface area (Å²) in [6.45, 7) is 7.77. The molecule has 1 aromatic heterocycles. The zero-order chi connectivity index (χ0) is 20.7. The van der Waals surface area contributed by atoms with Gasteiger partial charge in [0.2, 0.25) is 0 Å². The lowest BCUT2D eigenvalue weighted by atomic mass is 9.93. The topological polar surface area (TPSA) is 50.3 Å². The number of hydrogen-bond donors (Lipinski definition) is 1. The van der Waals surface area contributed by atoms with Crippen LogP contribution in [0.3, 0.4) is 0 Å². The second-order valence-electron chi connectivity index (χ2n) is 9.85. The normalized spacial score (nSPS) is 30.9. The fourth-order valence-corrected chi connectivity index (χ4v) is 5.66. The zero-order valence-corrected chi connectivity index (χ0v) is 17.9. The van der Waals surface area contributed by atoms with Crippen LogP contribution in [0.2, 0.25) is 0 Å². The Balaban J connectivity index is 1.15. The van der Waals surface area contributed by atoms with Crippen LogP contribution in [-0.4, -0.2) is 52.5 Å². The molecule has 4 atom stereocenters. The van der Waals surface area contributed by atoms with Crippen LogP contribution in [0.4, 0.5) is 10.2 Å². The summed E-state index contributed by atoms with van der Waals surface area (Å²) in [4.78, 5) is 2.73. The number of hydrogen-bond acceptors (Lipinski definition) is 5. The van der Waals surface area contributed by atoms with Gasteiger partial charge in [0, 0.05) is 37.3 Å². The molecule has 1 unspecified atom stereocenters. The van der Waals surface area contributed by atoms with Crippen LogP contribution in [0.15, 0.2) is 36.4 Å². The highest BCUT2D eigenvalue weighted by Crippen LogP contribution is 2.41. The predicted octanol–water partition coefficient (Wildman–Crippen LogP) is 4.36. The van der Waals surface area contributed by atoms with Gasteiger partial charge in [-0.2, -0.15) is 0 Å². The third kappa shape index (κ3) is 4.21. The van der Waals surface area contributed by atoms with Crippen molar-refractivity contribution >= 4 is 5.82 Å². The molecule has 0 spiro atoms. The minimum absolute atomic E-state index is 0.0173.